The molecule has 1 aromatic heterocycles. The smallest absolute Gasteiger partial charge is 0.341 e. The van der Waals surface area contributed by atoms with Crippen molar-refractivity contribution in [2.24, 2.45) is 7.05 Å². The first kappa shape index (κ1) is 14.4. The molecule has 106 valence electrons. The van der Waals surface area contributed by atoms with Gasteiger partial charge in [-0.3, -0.25) is 4.68 Å². The number of aromatic nitrogens is 2. The van der Waals surface area contributed by atoms with Gasteiger partial charge in [-0.05, 0) is 19.8 Å². The molecule has 19 heavy (non-hydrogen) atoms. The van der Waals surface area contributed by atoms with Crippen molar-refractivity contribution >= 4 is 17.7 Å². The Kier molecular flexibility index (Phi) is 5.31. The highest BCUT2D eigenvalue weighted by molar-refractivity contribution is 7.99. The highest BCUT2D eigenvalue weighted by Gasteiger charge is 2.20. The number of aryl methyl sites for hydroxylation is 1. The number of esters is 1. The van der Waals surface area contributed by atoms with Gasteiger partial charge in [0.2, 0.25) is 0 Å². The minimum absolute atomic E-state index is 0.255. The summed E-state index contributed by atoms with van der Waals surface area (Å²) < 4.78 is 6.87. The van der Waals surface area contributed by atoms with Crippen LogP contribution in [0.4, 0.5) is 0 Å². The Morgan fingerprint density at radius 2 is 2.21 bits per heavy atom. The van der Waals surface area contributed by atoms with E-state index in [0.29, 0.717) is 12.2 Å². The van der Waals surface area contributed by atoms with Crippen LogP contribution in [0.25, 0.3) is 0 Å². The molecule has 1 saturated carbocycles. The average molecular weight is 282 g/mol. The number of ether oxygens (including phenoxy) is 1. The van der Waals surface area contributed by atoms with Crippen molar-refractivity contribution in [2.45, 2.75) is 50.0 Å². The number of thioether (sulfide) groups is 1. The van der Waals surface area contributed by atoms with E-state index in [1.807, 2.05) is 25.7 Å². The van der Waals surface area contributed by atoms with Gasteiger partial charge in [-0.1, -0.05) is 19.3 Å². The summed E-state index contributed by atoms with van der Waals surface area (Å²) in [5, 5.41) is 4.92. The van der Waals surface area contributed by atoms with Gasteiger partial charge in [0.1, 0.15) is 5.56 Å². The van der Waals surface area contributed by atoms with Crippen molar-refractivity contribution in [1.29, 1.82) is 0 Å². The summed E-state index contributed by atoms with van der Waals surface area (Å²) in [6, 6.07) is 0. The second-order valence-electron chi connectivity index (χ2n) is 4.92. The molecule has 1 aliphatic carbocycles. The fraction of sp³-hybridized carbons (Fsp3) is 0.714. The van der Waals surface area contributed by atoms with Crippen LogP contribution < -0.4 is 0 Å². The molecule has 1 heterocycles. The Morgan fingerprint density at radius 1 is 1.47 bits per heavy atom. The lowest BCUT2D eigenvalue weighted by Crippen LogP contribution is -2.11. The molecular formula is C14H22N2O2S. The predicted molar refractivity (Wildman–Crippen MR) is 77.3 cm³/mol. The van der Waals surface area contributed by atoms with Gasteiger partial charge in [-0.2, -0.15) is 16.9 Å². The molecular weight excluding hydrogens is 260 g/mol. The standard InChI is InChI=1S/C14H22N2O2S/c1-3-18-14(17)12-9-15-16(2)13(12)10-19-11-7-5-4-6-8-11/h9,11H,3-8,10H2,1-2H3. The molecule has 0 amide bonds. The summed E-state index contributed by atoms with van der Waals surface area (Å²) in [5.41, 5.74) is 1.60. The van der Waals surface area contributed by atoms with E-state index in [9.17, 15) is 4.79 Å². The third-order valence-electron chi connectivity index (χ3n) is 3.56. The third kappa shape index (κ3) is 3.75. The van der Waals surface area contributed by atoms with E-state index in [1.54, 1.807) is 10.9 Å². The molecule has 4 nitrogen and oxygen atoms in total. The molecule has 0 unspecified atom stereocenters. The molecule has 0 radical (unpaired) electrons. The van der Waals surface area contributed by atoms with Gasteiger partial charge in [0, 0.05) is 18.1 Å². The van der Waals surface area contributed by atoms with Crippen LogP contribution >= 0.6 is 11.8 Å². The Hall–Kier alpha value is -0.970. The number of carbonyl (C=O) groups is 1. The molecule has 0 bridgehead atoms. The van der Waals surface area contributed by atoms with Crippen LogP contribution in [0.3, 0.4) is 0 Å². The monoisotopic (exact) mass is 282 g/mol. The molecule has 0 N–H and O–H groups in total. The quantitative estimate of drug-likeness (QED) is 0.778. The van der Waals surface area contributed by atoms with Crippen LogP contribution in [0.15, 0.2) is 6.20 Å². The Balaban J connectivity index is 1.98. The fourth-order valence-corrected chi connectivity index (χ4v) is 3.84. The lowest BCUT2D eigenvalue weighted by molar-refractivity contribution is 0.0525. The van der Waals surface area contributed by atoms with Gasteiger partial charge in [0.25, 0.3) is 0 Å². The third-order valence-corrected chi connectivity index (χ3v) is 4.95. The maximum Gasteiger partial charge on any atom is 0.341 e. The van der Waals surface area contributed by atoms with Crippen molar-refractivity contribution in [3.63, 3.8) is 0 Å². The SMILES string of the molecule is CCOC(=O)c1cnn(C)c1CSC1CCCCC1. The van der Waals surface area contributed by atoms with Gasteiger partial charge < -0.3 is 4.74 Å². The Morgan fingerprint density at radius 3 is 2.89 bits per heavy atom. The maximum absolute atomic E-state index is 11.8. The zero-order chi connectivity index (χ0) is 13.7. The summed E-state index contributed by atoms with van der Waals surface area (Å²) >= 11 is 1.95. The van der Waals surface area contributed by atoms with E-state index in [1.165, 1.54) is 32.1 Å². The van der Waals surface area contributed by atoms with Crippen molar-refractivity contribution in [3.05, 3.63) is 17.5 Å². The van der Waals surface area contributed by atoms with Gasteiger partial charge in [0.05, 0.1) is 18.5 Å². The zero-order valence-corrected chi connectivity index (χ0v) is 12.5. The number of nitrogens with zero attached hydrogens (tertiary/aromatic N) is 2. The van der Waals surface area contributed by atoms with Crippen molar-refractivity contribution in [3.8, 4) is 0 Å². The molecule has 0 aromatic carbocycles. The summed E-state index contributed by atoms with van der Waals surface area (Å²) in [6.45, 7) is 2.23. The summed E-state index contributed by atoms with van der Waals surface area (Å²) in [4.78, 5) is 11.8. The predicted octanol–water partition coefficient (Wildman–Crippen LogP) is 3.16. The topological polar surface area (TPSA) is 44.1 Å². The minimum atomic E-state index is -0.255. The highest BCUT2D eigenvalue weighted by Crippen LogP contribution is 2.31. The number of rotatable bonds is 5. The lowest BCUT2D eigenvalue weighted by Gasteiger charge is -2.21. The summed E-state index contributed by atoms with van der Waals surface area (Å²) in [5.74, 6) is 0.588. The molecule has 1 aliphatic rings. The van der Waals surface area contributed by atoms with E-state index in [2.05, 4.69) is 5.10 Å². The van der Waals surface area contributed by atoms with Gasteiger partial charge in [-0.25, -0.2) is 4.79 Å². The number of hydrogen-bond acceptors (Lipinski definition) is 4. The zero-order valence-electron chi connectivity index (χ0n) is 11.7. The van der Waals surface area contributed by atoms with E-state index in [0.717, 1.165) is 16.7 Å². The van der Waals surface area contributed by atoms with E-state index < -0.39 is 0 Å². The van der Waals surface area contributed by atoms with Gasteiger partial charge >= 0.3 is 5.97 Å². The molecule has 2 rings (SSSR count). The second-order valence-corrected chi connectivity index (χ2v) is 6.21. The first-order chi connectivity index (χ1) is 9.22. The van der Waals surface area contributed by atoms with Crippen LogP contribution in [0.2, 0.25) is 0 Å². The van der Waals surface area contributed by atoms with E-state index in [-0.39, 0.29) is 5.97 Å². The Bertz CT molecular complexity index is 425. The molecule has 0 saturated heterocycles. The average Bonchev–Trinajstić information content (AvgIpc) is 2.79. The lowest BCUT2D eigenvalue weighted by atomic mass is 10.0. The van der Waals surface area contributed by atoms with Gasteiger partial charge in [-0.15, -0.1) is 0 Å². The highest BCUT2D eigenvalue weighted by atomic mass is 32.2. The van der Waals surface area contributed by atoms with E-state index in [4.69, 9.17) is 4.74 Å². The minimum Gasteiger partial charge on any atom is -0.462 e. The molecule has 0 spiro atoms. The Labute approximate surface area is 118 Å². The van der Waals surface area contributed by atoms with Crippen LogP contribution in [0, 0.1) is 0 Å². The largest absolute Gasteiger partial charge is 0.462 e. The normalized spacial score (nSPS) is 16.5. The van der Waals surface area contributed by atoms with E-state index >= 15 is 0 Å². The second kappa shape index (κ2) is 6.98. The molecule has 5 heteroatoms. The van der Waals surface area contributed by atoms with Crippen LogP contribution in [0.5, 0.6) is 0 Å². The van der Waals surface area contributed by atoms with Crippen LogP contribution in [-0.4, -0.2) is 27.6 Å². The molecule has 0 aliphatic heterocycles. The molecule has 1 aromatic rings. The van der Waals surface area contributed by atoms with Crippen LogP contribution in [0.1, 0.15) is 55.1 Å². The number of hydrogen-bond donors (Lipinski definition) is 0. The first-order valence-electron chi connectivity index (χ1n) is 7.02. The number of carbonyl (C=O) groups excluding carboxylic acids is 1. The first-order valence-corrected chi connectivity index (χ1v) is 8.06. The van der Waals surface area contributed by atoms with Crippen LogP contribution in [-0.2, 0) is 17.5 Å². The maximum atomic E-state index is 11.8. The summed E-state index contributed by atoms with van der Waals surface area (Å²) in [6.07, 6.45) is 8.28. The molecule has 0 atom stereocenters. The van der Waals surface area contributed by atoms with Crippen molar-refractivity contribution in [1.82, 2.24) is 9.78 Å². The van der Waals surface area contributed by atoms with Crippen molar-refractivity contribution < 1.29 is 9.53 Å². The van der Waals surface area contributed by atoms with Gasteiger partial charge in [0.15, 0.2) is 0 Å². The van der Waals surface area contributed by atoms with Crippen molar-refractivity contribution in [2.75, 3.05) is 6.61 Å². The fourth-order valence-electron chi connectivity index (χ4n) is 2.44. The molecule has 1 fully saturated rings. The summed E-state index contributed by atoms with van der Waals surface area (Å²) in [7, 11) is 1.89.